The lowest BCUT2D eigenvalue weighted by atomic mass is 9.79. The van der Waals surface area contributed by atoms with Gasteiger partial charge in [0.1, 0.15) is 5.69 Å². The summed E-state index contributed by atoms with van der Waals surface area (Å²) in [7, 11) is 1.72. The van der Waals surface area contributed by atoms with Crippen LogP contribution in [-0.2, 0) is 4.74 Å². The molecule has 0 radical (unpaired) electrons. The molecule has 0 aromatic carbocycles. The van der Waals surface area contributed by atoms with Crippen LogP contribution in [0.15, 0.2) is 12.3 Å². The fourth-order valence-corrected chi connectivity index (χ4v) is 3.54. The van der Waals surface area contributed by atoms with Gasteiger partial charge in [-0.3, -0.25) is 4.79 Å². The Kier molecular flexibility index (Phi) is 5.63. The highest BCUT2D eigenvalue weighted by atomic mass is 16.5. The van der Waals surface area contributed by atoms with E-state index in [-0.39, 0.29) is 11.3 Å². The molecular weight excluding hydrogens is 306 g/mol. The van der Waals surface area contributed by atoms with E-state index in [1.165, 1.54) is 0 Å². The van der Waals surface area contributed by atoms with E-state index in [2.05, 4.69) is 25.5 Å². The monoisotopic (exact) mass is 333 g/mol. The van der Waals surface area contributed by atoms with E-state index in [4.69, 9.17) is 4.74 Å². The lowest BCUT2D eigenvalue weighted by molar-refractivity contribution is 0.0510. The lowest BCUT2D eigenvalue weighted by Gasteiger charge is -2.37. The highest BCUT2D eigenvalue weighted by molar-refractivity contribution is 5.92. The van der Waals surface area contributed by atoms with Gasteiger partial charge >= 0.3 is 0 Å². The predicted octanol–water partition coefficient (Wildman–Crippen LogP) is 0.823. The second-order valence-corrected chi connectivity index (χ2v) is 6.80. The van der Waals surface area contributed by atoms with Gasteiger partial charge in [0.2, 0.25) is 5.95 Å². The number of nitrogens with one attached hydrogen (secondary N) is 2. The number of hydrogen-bond acceptors (Lipinski definition) is 6. The van der Waals surface area contributed by atoms with Crippen molar-refractivity contribution in [2.75, 3.05) is 51.3 Å². The largest absolute Gasteiger partial charge is 0.384 e. The van der Waals surface area contributed by atoms with Gasteiger partial charge in [-0.2, -0.15) is 0 Å². The molecule has 7 heteroatoms. The zero-order valence-corrected chi connectivity index (χ0v) is 14.4. The number of aromatic nitrogens is 2. The van der Waals surface area contributed by atoms with Crippen LogP contribution in [-0.4, -0.2) is 62.3 Å². The van der Waals surface area contributed by atoms with Crippen LogP contribution in [0.1, 0.15) is 36.2 Å². The molecule has 0 spiro atoms. The fraction of sp³-hybridized carbons (Fsp3) is 0.706. The maximum Gasteiger partial charge on any atom is 0.270 e. The van der Waals surface area contributed by atoms with Gasteiger partial charge in [-0.05, 0) is 44.8 Å². The molecule has 2 saturated heterocycles. The highest BCUT2D eigenvalue weighted by Crippen LogP contribution is 2.28. The van der Waals surface area contributed by atoms with Gasteiger partial charge < -0.3 is 20.3 Å². The zero-order valence-electron chi connectivity index (χ0n) is 14.4. The van der Waals surface area contributed by atoms with E-state index in [1.807, 2.05) is 0 Å². The molecule has 132 valence electrons. The van der Waals surface area contributed by atoms with Gasteiger partial charge in [0.05, 0.1) is 6.61 Å². The van der Waals surface area contributed by atoms with Crippen LogP contribution in [0, 0.1) is 5.41 Å². The van der Waals surface area contributed by atoms with Crippen LogP contribution in [0.3, 0.4) is 0 Å². The number of rotatable bonds is 6. The summed E-state index contributed by atoms with van der Waals surface area (Å²) >= 11 is 0. The highest BCUT2D eigenvalue weighted by Gasteiger charge is 2.32. The summed E-state index contributed by atoms with van der Waals surface area (Å²) in [4.78, 5) is 23.4. The maximum absolute atomic E-state index is 12.5. The number of methoxy groups -OCH3 is 1. The Balaban J connectivity index is 1.62. The molecule has 0 saturated carbocycles. The quantitative estimate of drug-likeness (QED) is 0.802. The summed E-state index contributed by atoms with van der Waals surface area (Å²) in [5.74, 6) is 0.528. The smallest absolute Gasteiger partial charge is 0.270 e. The Labute approximate surface area is 143 Å². The number of amides is 1. The minimum absolute atomic E-state index is 0.0144. The summed E-state index contributed by atoms with van der Waals surface area (Å²) in [5, 5.41) is 6.42. The number of nitrogens with zero attached hydrogens (tertiary/aromatic N) is 3. The molecule has 7 nitrogen and oxygen atoms in total. The molecule has 3 rings (SSSR count). The Morgan fingerprint density at radius 1 is 1.38 bits per heavy atom. The van der Waals surface area contributed by atoms with Crippen molar-refractivity contribution >= 4 is 11.9 Å². The van der Waals surface area contributed by atoms with Crippen molar-refractivity contribution in [3.8, 4) is 0 Å². The van der Waals surface area contributed by atoms with Gasteiger partial charge in [-0.1, -0.05) is 0 Å². The molecule has 0 unspecified atom stereocenters. The normalized spacial score (nSPS) is 20.1. The number of piperidine rings is 1. The molecule has 2 fully saturated rings. The first-order chi connectivity index (χ1) is 11.7. The minimum Gasteiger partial charge on any atom is -0.384 e. The van der Waals surface area contributed by atoms with Crippen molar-refractivity contribution in [2.24, 2.45) is 5.41 Å². The Morgan fingerprint density at radius 2 is 2.12 bits per heavy atom. The molecule has 3 heterocycles. The first kappa shape index (κ1) is 17.1. The molecule has 2 N–H and O–H groups in total. The average Bonchev–Trinajstić information content (AvgIpc) is 3.16. The molecule has 24 heavy (non-hydrogen) atoms. The zero-order chi connectivity index (χ0) is 16.8. The second kappa shape index (κ2) is 7.90. The Hall–Kier alpha value is -1.73. The summed E-state index contributed by atoms with van der Waals surface area (Å²) in [5.41, 5.74) is 0.453. The van der Waals surface area contributed by atoms with Crippen molar-refractivity contribution < 1.29 is 9.53 Å². The minimum atomic E-state index is -0.133. The standard InChI is InChI=1S/C17H27N5O2/c1-24-13-17(5-8-18-9-6-17)12-20-15(23)14-4-7-19-16(21-14)22-10-2-3-11-22/h4,7,18H,2-3,5-6,8-13H2,1H3,(H,20,23). The third-order valence-corrected chi connectivity index (χ3v) is 5.00. The summed E-state index contributed by atoms with van der Waals surface area (Å²) in [6.45, 7) is 5.14. The van der Waals surface area contributed by atoms with E-state index in [0.717, 1.165) is 51.9 Å². The summed E-state index contributed by atoms with van der Waals surface area (Å²) < 4.78 is 5.40. The third-order valence-electron chi connectivity index (χ3n) is 5.00. The number of anilines is 1. The number of carbonyl (C=O) groups is 1. The van der Waals surface area contributed by atoms with Crippen molar-refractivity contribution in [1.29, 1.82) is 0 Å². The van der Waals surface area contributed by atoms with Crippen molar-refractivity contribution in [1.82, 2.24) is 20.6 Å². The topological polar surface area (TPSA) is 79.4 Å². The molecule has 0 aliphatic carbocycles. The number of carbonyl (C=O) groups excluding carboxylic acids is 1. The van der Waals surface area contributed by atoms with E-state index >= 15 is 0 Å². The van der Waals surface area contributed by atoms with Gasteiger partial charge in [-0.15, -0.1) is 0 Å². The first-order valence-electron chi connectivity index (χ1n) is 8.78. The molecule has 1 amide bonds. The second-order valence-electron chi connectivity index (χ2n) is 6.80. The molecule has 0 atom stereocenters. The van der Waals surface area contributed by atoms with Gasteiger partial charge in [0, 0.05) is 38.4 Å². The van der Waals surface area contributed by atoms with E-state index in [0.29, 0.717) is 24.8 Å². The van der Waals surface area contributed by atoms with Crippen LogP contribution < -0.4 is 15.5 Å². The predicted molar refractivity (Wildman–Crippen MR) is 92.2 cm³/mol. The SMILES string of the molecule is COCC1(CNC(=O)c2ccnc(N3CCCC3)n2)CCNCC1. The number of ether oxygens (including phenoxy) is 1. The van der Waals surface area contributed by atoms with Crippen molar-refractivity contribution in [2.45, 2.75) is 25.7 Å². The molecule has 2 aliphatic rings. The van der Waals surface area contributed by atoms with E-state index < -0.39 is 0 Å². The third kappa shape index (κ3) is 4.02. The van der Waals surface area contributed by atoms with Crippen LogP contribution >= 0.6 is 0 Å². The van der Waals surface area contributed by atoms with E-state index in [1.54, 1.807) is 19.4 Å². The van der Waals surface area contributed by atoms with E-state index in [9.17, 15) is 4.79 Å². The van der Waals surface area contributed by atoms with Crippen LogP contribution in [0.4, 0.5) is 5.95 Å². The Morgan fingerprint density at radius 3 is 2.83 bits per heavy atom. The van der Waals surface area contributed by atoms with Gasteiger partial charge in [-0.25, -0.2) is 9.97 Å². The molecule has 2 aliphatic heterocycles. The van der Waals surface area contributed by atoms with Crippen LogP contribution in [0.2, 0.25) is 0 Å². The molecule has 1 aromatic heterocycles. The first-order valence-corrected chi connectivity index (χ1v) is 8.78. The van der Waals surface area contributed by atoms with Crippen molar-refractivity contribution in [3.05, 3.63) is 18.0 Å². The number of hydrogen-bond donors (Lipinski definition) is 2. The van der Waals surface area contributed by atoms with Crippen LogP contribution in [0.5, 0.6) is 0 Å². The fourth-order valence-electron chi connectivity index (χ4n) is 3.54. The van der Waals surface area contributed by atoms with Gasteiger partial charge in [0.25, 0.3) is 5.91 Å². The summed E-state index contributed by atoms with van der Waals surface area (Å²) in [6.07, 6.45) is 6.00. The Bertz CT molecular complexity index is 548. The molecular formula is C17H27N5O2. The maximum atomic E-state index is 12.5. The van der Waals surface area contributed by atoms with Gasteiger partial charge in [0.15, 0.2) is 0 Å². The average molecular weight is 333 g/mol. The van der Waals surface area contributed by atoms with Crippen molar-refractivity contribution in [3.63, 3.8) is 0 Å². The summed E-state index contributed by atoms with van der Waals surface area (Å²) in [6, 6.07) is 1.68. The van der Waals surface area contributed by atoms with Crippen LogP contribution in [0.25, 0.3) is 0 Å². The molecule has 0 bridgehead atoms. The molecule has 1 aromatic rings. The lowest BCUT2D eigenvalue weighted by Crippen LogP contribution is -2.47.